The van der Waals surface area contributed by atoms with Crippen molar-refractivity contribution in [3.05, 3.63) is 75.7 Å². The molecule has 3 aromatic rings. The van der Waals surface area contributed by atoms with E-state index in [0.717, 1.165) is 16.4 Å². The Morgan fingerprint density at radius 1 is 1.17 bits per heavy atom. The van der Waals surface area contributed by atoms with Gasteiger partial charge in [0.15, 0.2) is 5.13 Å². The van der Waals surface area contributed by atoms with Crippen molar-refractivity contribution in [1.82, 2.24) is 4.98 Å². The van der Waals surface area contributed by atoms with Gasteiger partial charge in [-0.05, 0) is 12.5 Å². The van der Waals surface area contributed by atoms with Crippen molar-refractivity contribution in [3.63, 3.8) is 0 Å². The highest BCUT2D eigenvalue weighted by Gasteiger charge is 2.11. The molecule has 1 aromatic heterocycles. The molecule has 0 amide bonds. The number of benzene rings is 2. The topological polar surface area (TPSA) is 68.1 Å². The van der Waals surface area contributed by atoms with Gasteiger partial charge in [-0.25, -0.2) is 4.98 Å². The van der Waals surface area contributed by atoms with E-state index in [1.165, 1.54) is 23.0 Å². The highest BCUT2D eigenvalue weighted by atomic mass is 32.1. The molecule has 116 valence electrons. The summed E-state index contributed by atoms with van der Waals surface area (Å²) in [5.41, 5.74) is 2.74. The van der Waals surface area contributed by atoms with Gasteiger partial charge >= 0.3 is 0 Å². The van der Waals surface area contributed by atoms with E-state index in [0.29, 0.717) is 0 Å². The molecule has 0 spiro atoms. The molecular formula is C17H15N3O2S. The third-order valence-corrected chi connectivity index (χ3v) is 4.27. The molecule has 5 nitrogen and oxygen atoms in total. The Bertz CT molecular complexity index is 817. The van der Waals surface area contributed by atoms with Gasteiger partial charge < -0.3 is 5.32 Å². The fraction of sp³-hybridized carbons (Fsp3) is 0.118. The summed E-state index contributed by atoms with van der Waals surface area (Å²) in [5, 5.41) is 16.9. The normalized spacial score (nSPS) is 11.9. The Hall–Kier alpha value is -2.73. The number of rotatable bonds is 5. The maximum Gasteiger partial charge on any atom is 0.270 e. The lowest BCUT2D eigenvalue weighted by atomic mass is 10.1. The van der Waals surface area contributed by atoms with Gasteiger partial charge in [0, 0.05) is 23.1 Å². The van der Waals surface area contributed by atoms with Gasteiger partial charge in [-0.15, -0.1) is 11.3 Å². The van der Waals surface area contributed by atoms with Crippen LogP contribution in [0.5, 0.6) is 0 Å². The van der Waals surface area contributed by atoms with Crippen molar-refractivity contribution in [2.75, 3.05) is 5.32 Å². The van der Waals surface area contributed by atoms with Crippen LogP contribution >= 0.6 is 11.3 Å². The molecule has 1 heterocycles. The van der Waals surface area contributed by atoms with Gasteiger partial charge in [-0.2, -0.15) is 0 Å². The Kier molecular flexibility index (Phi) is 4.34. The second-order valence-corrected chi connectivity index (χ2v) is 5.98. The SMILES string of the molecule is CC(Nc1nc(-c2cccc([N+](=O)[O-])c2)cs1)c1ccccc1. The second-order valence-electron chi connectivity index (χ2n) is 5.12. The standard InChI is InChI=1S/C17H15N3O2S/c1-12(13-6-3-2-4-7-13)18-17-19-16(11-23-17)14-8-5-9-15(10-14)20(21)22/h2-12H,1H3,(H,18,19). The zero-order chi connectivity index (χ0) is 16.2. The van der Waals surface area contributed by atoms with Crippen molar-refractivity contribution >= 4 is 22.2 Å². The molecule has 0 aliphatic heterocycles. The zero-order valence-corrected chi connectivity index (χ0v) is 13.3. The van der Waals surface area contributed by atoms with Crippen LogP contribution in [0.4, 0.5) is 10.8 Å². The molecule has 0 aliphatic carbocycles. The van der Waals surface area contributed by atoms with Gasteiger partial charge in [-0.1, -0.05) is 42.5 Å². The first-order valence-corrected chi connectivity index (χ1v) is 8.03. The van der Waals surface area contributed by atoms with E-state index >= 15 is 0 Å². The van der Waals surface area contributed by atoms with Crippen LogP contribution in [0, 0.1) is 10.1 Å². The predicted octanol–water partition coefficient (Wildman–Crippen LogP) is 4.89. The van der Waals surface area contributed by atoms with E-state index in [4.69, 9.17) is 0 Å². The maximum atomic E-state index is 10.9. The molecule has 0 radical (unpaired) electrons. The van der Waals surface area contributed by atoms with Crippen LogP contribution in [-0.4, -0.2) is 9.91 Å². The molecule has 23 heavy (non-hydrogen) atoms. The minimum atomic E-state index is -0.396. The molecule has 6 heteroatoms. The first kappa shape index (κ1) is 15.2. The van der Waals surface area contributed by atoms with Crippen molar-refractivity contribution in [2.45, 2.75) is 13.0 Å². The highest BCUT2D eigenvalue weighted by Crippen LogP contribution is 2.29. The van der Waals surface area contributed by atoms with Crippen LogP contribution in [0.1, 0.15) is 18.5 Å². The minimum absolute atomic E-state index is 0.0719. The number of aromatic nitrogens is 1. The van der Waals surface area contributed by atoms with Gasteiger partial charge in [0.1, 0.15) is 0 Å². The smallest absolute Gasteiger partial charge is 0.270 e. The Morgan fingerprint density at radius 2 is 1.96 bits per heavy atom. The average molecular weight is 325 g/mol. The molecule has 0 saturated heterocycles. The number of anilines is 1. The molecule has 1 N–H and O–H groups in total. The van der Waals surface area contributed by atoms with Crippen LogP contribution in [0.25, 0.3) is 11.3 Å². The first-order chi connectivity index (χ1) is 11.1. The lowest BCUT2D eigenvalue weighted by molar-refractivity contribution is -0.384. The van der Waals surface area contributed by atoms with Gasteiger partial charge in [0.2, 0.25) is 0 Å². The molecule has 1 unspecified atom stereocenters. The van der Waals surface area contributed by atoms with Crippen LogP contribution < -0.4 is 5.32 Å². The molecular weight excluding hydrogens is 310 g/mol. The van der Waals surface area contributed by atoms with E-state index < -0.39 is 4.92 Å². The summed E-state index contributed by atoms with van der Waals surface area (Å²) >= 11 is 1.49. The van der Waals surface area contributed by atoms with E-state index in [9.17, 15) is 10.1 Å². The molecule has 2 aromatic carbocycles. The molecule has 1 atom stereocenters. The van der Waals surface area contributed by atoms with Gasteiger partial charge in [-0.3, -0.25) is 10.1 Å². The zero-order valence-electron chi connectivity index (χ0n) is 12.5. The number of nitrogens with zero attached hydrogens (tertiary/aromatic N) is 2. The highest BCUT2D eigenvalue weighted by molar-refractivity contribution is 7.14. The Labute approximate surface area is 137 Å². The fourth-order valence-electron chi connectivity index (χ4n) is 2.26. The van der Waals surface area contributed by atoms with Crippen molar-refractivity contribution < 1.29 is 4.92 Å². The van der Waals surface area contributed by atoms with Crippen LogP contribution in [-0.2, 0) is 0 Å². The van der Waals surface area contributed by atoms with Gasteiger partial charge in [0.25, 0.3) is 5.69 Å². The van der Waals surface area contributed by atoms with Crippen LogP contribution in [0.3, 0.4) is 0 Å². The van der Waals surface area contributed by atoms with E-state index in [-0.39, 0.29) is 11.7 Å². The predicted molar refractivity (Wildman–Crippen MR) is 92.7 cm³/mol. The molecule has 0 aliphatic rings. The maximum absolute atomic E-state index is 10.9. The van der Waals surface area contributed by atoms with Crippen molar-refractivity contribution in [1.29, 1.82) is 0 Å². The number of nitrogens with one attached hydrogen (secondary N) is 1. The Morgan fingerprint density at radius 3 is 2.70 bits per heavy atom. The summed E-state index contributed by atoms with van der Waals surface area (Å²) < 4.78 is 0. The third kappa shape index (κ3) is 3.54. The molecule has 0 bridgehead atoms. The van der Waals surface area contributed by atoms with Gasteiger partial charge in [0.05, 0.1) is 16.7 Å². The summed E-state index contributed by atoms with van der Waals surface area (Å²) in [7, 11) is 0. The number of nitro benzene ring substituents is 1. The number of nitro groups is 1. The summed E-state index contributed by atoms with van der Waals surface area (Å²) in [4.78, 5) is 15.0. The van der Waals surface area contributed by atoms with E-state index in [2.05, 4.69) is 29.4 Å². The summed E-state index contributed by atoms with van der Waals surface area (Å²) in [6.45, 7) is 2.07. The fourth-order valence-corrected chi connectivity index (χ4v) is 3.07. The van der Waals surface area contributed by atoms with Crippen molar-refractivity contribution in [2.24, 2.45) is 0 Å². The molecule has 0 saturated carbocycles. The monoisotopic (exact) mass is 325 g/mol. The quantitative estimate of drug-likeness (QED) is 0.535. The summed E-state index contributed by atoms with van der Waals surface area (Å²) in [6, 6.07) is 16.8. The van der Waals surface area contributed by atoms with Crippen LogP contribution in [0.15, 0.2) is 60.0 Å². The molecule has 3 rings (SSSR count). The van der Waals surface area contributed by atoms with E-state index in [1.807, 2.05) is 29.6 Å². The average Bonchev–Trinajstić information content (AvgIpc) is 3.04. The Balaban J connectivity index is 1.78. The van der Waals surface area contributed by atoms with E-state index in [1.54, 1.807) is 12.1 Å². The lowest BCUT2D eigenvalue weighted by Crippen LogP contribution is -2.05. The second kappa shape index (κ2) is 6.58. The molecule has 0 fully saturated rings. The number of hydrogen-bond acceptors (Lipinski definition) is 5. The number of non-ortho nitro benzene ring substituents is 1. The third-order valence-electron chi connectivity index (χ3n) is 3.50. The minimum Gasteiger partial charge on any atom is -0.355 e. The summed E-state index contributed by atoms with van der Waals surface area (Å²) in [6.07, 6.45) is 0. The first-order valence-electron chi connectivity index (χ1n) is 7.15. The number of hydrogen-bond donors (Lipinski definition) is 1. The van der Waals surface area contributed by atoms with Crippen LogP contribution in [0.2, 0.25) is 0 Å². The largest absolute Gasteiger partial charge is 0.355 e. The number of thiazole rings is 1. The summed E-state index contributed by atoms with van der Waals surface area (Å²) in [5.74, 6) is 0. The lowest BCUT2D eigenvalue weighted by Gasteiger charge is -2.12. The van der Waals surface area contributed by atoms with Crippen molar-refractivity contribution in [3.8, 4) is 11.3 Å².